The van der Waals surface area contributed by atoms with Crippen LogP contribution in [-0.4, -0.2) is 56.2 Å². The third kappa shape index (κ3) is 5.62. The third-order valence-electron chi connectivity index (χ3n) is 5.07. The molecule has 1 aromatic carbocycles. The average Bonchev–Trinajstić information content (AvgIpc) is 2.79. The normalized spacial score (nSPS) is 17.4. The number of nitrogens with one attached hydrogen (secondary N) is 3. The molecule has 0 spiro atoms. The molecule has 7 nitrogen and oxygen atoms in total. The van der Waals surface area contributed by atoms with E-state index < -0.39 is 0 Å². The van der Waals surface area contributed by atoms with Crippen molar-refractivity contribution in [1.82, 2.24) is 20.9 Å². The summed E-state index contributed by atoms with van der Waals surface area (Å²) in [4.78, 5) is 29.4. The number of benzene rings is 1. The Kier molecular flexibility index (Phi) is 7.32. The summed E-state index contributed by atoms with van der Waals surface area (Å²) in [5, 5.41) is 8.79. The van der Waals surface area contributed by atoms with E-state index in [-0.39, 0.29) is 29.5 Å². The quantitative estimate of drug-likeness (QED) is 0.663. The molecule has 2 amide bonds. The topological polar surface area (TPSA) is 92.4 Å². The first-order valence-corrected chi connectivity index (χ1v) is 9.98. The summed E-state index contributed by atoms with van der Waals surface area (Å²) in [6.07, 6.45) is 0.843. The summed E-state index contributed by atoms with van der Waals surface area (Å²) >= 11 is 0. The number of amides is 2. The molecule has 29 heavy (non-hydrogen) atoms. The summed E-state index contributed by atoms with van der Waals surface area (Å²) in [5.41, 5.74) is 2.42. The van der Waals surface area contributed by atoms with Crippen LogP contribution in [0.4, 0.5) is 0 Å². The number of hydrogen-bond acceptors (Lipinski definition) is 5. The van der Waals surface area contributed by atoms with E-state index in [9.17, 15) is 9.59 Å². The molecule has 154 valence electrons. The Bertz CT molecular complexity index is 835. The van der Waals surface area contributed by atoms with Crippen molar-refractivity contribution in [2.24, 2.45) is 0 Å². The number of ether oxygens (including phenoxy) is 1. The van der Waals surface area contributed by atoms with Gasteiger partial charge in [-0.05, 0) is 24.1 Å². The first-order chi connectivity index (χ1) is 14.1. The number of morpholine rings is 1. The van der Waals surface area contributed by atoms with Crippen molar-refractivity contribution in [3.63, 3.8) is 0 Å². The van der Waals surface area contributed by atoms with Gasteiger partial charge in [0.25, 0.3) is 11.8 Å². The Labute approximate surface area is 171 Å². The van der Waals surface area contributed by atoms with Gasteiger partial charge in [-0.1, -0.05) is 37.3 Å². The molecule has 0 bridgehead atoms. The Morgan fingerprint density at radius 2 is 2.03 bits per heavy atom. The van der Waals surface area contributed by atoms with Crippen LogP contribution in [0.25, 0.3) is 0 Å². The lowest BCUT2D eigenvalue weighted by Gasteiger charge is -2.23. The fourth-order valence-electron chi connectivity index (χ4n) is 3.32. The molecule has 0 radical (unpaired) electrons. The van der Waals surface area contributed by atoms with E-state index in [1.165, 1.54) is 6.07 Å². The van der Waals surface area contributed by atoms with Gasteiger partial charge < -0.3 is 20.7 Å². The van der Waals surface area contributed by atoms with Crippen LogP contribution in [0.5, 0.6) is 0 Å². The Morgan fingerprint density at radius 1 is 1.24 bits per heavy atom. The molecular weight excluding hydrogens is 368 g/mol. The summed E-state index contributed by atoms with van der Waals surface area (Å²) < 4.78 is 5.65. The number of nitrogens with zero attached hydrogens (tertiary/aromatic N) is 1. The highest BCUT2D eigenvalue weighted by atomic mass is 16.5. The zero-order valence-corrected chi connectivity index (χ0v) is 16.9. The van der Waals surface area contributed by atoms with Crippen molar-refractivity contribution in [3.8, 4) is 0 Å². The molecule has 2 heterocycles. The van der Waals surface area contributed by atoms with Gasteiger partial charge in [0.15, 0.2) is 0 Å². The van der Waals surface area contributed by atoms with Crippen molar-refractivity contribution in [1.29, 1.82) is 0 Å². The van der Waals surface area contributed by atoms with Crippen LogP contribution < -0.4 is 16.0 Å². The van der Waals surface area contributed by atoms with Gasteiger partial charge in [-0.15, -0.1) is 0 Å². The molecule has 0 saturated carbocycles. The minimum Gasteiger partial charge on any atom is -0.376 e. The van der Waals surface area contributed by atoms with E-state index in [1.54, 1.807) is 13.1 Å². The number of pyridine rings is 1. The lowest BCUT2D eigenvalue weighted by molar-refractivity contribution is 0.0239. The van der Waals surface area contributed by atoms with Gasteiger partial charge in [-0.2, -0.15) is 0 Å². The molecule has 0 unspecified atom stereocenters. The lowest BCUT2D eigenvalue weighted by atomic mass is 9.96. The van der Waals surface area contributed by atoms with E-state index in [1.807, 2.05) is 37.3 Å². The molecule has 3 rings (SSSR count). The van der Waals surface area contributed by atoms with Crippen molar-refractivity contribution >= 4 is 11.8 Å². The van der Waals surface area contributed by atoms with Crippen LogP contribution in [0.2, 0.25) is 0 Å². The molecule has 1 fully saturated rings. The second-order valence-corrected chi connectivity index (χ2v) is 7.12. The maximum atomic E-state index is 12.7. The SMILES string of the molecule is CNC(=O)c1cc(C(=O)NCC[C@H]2CNCCO2)cc([C@H](C)c2ccccc2)n1. The highest BCUT2D eigenvalue weighted by Gasteiger charge is 2.19. The third-order valence-corrected chi connectivity index (χ3v) is 5.07. The largest absolute Gasteiger partial charge is 0.376 e. The van der Waals surface area contributed by atoms with Crippen LogP contribution in [0.1, 0.15) is 51.4 Å². The highest BCUT2D eigenvalue weighted by Crippen LogP contribution is 2.23. The van der Waals surface area contributed by atoms with Crippen molar-refractivity contribution < 1.29 is 14.3 Å². The number of aromatic nitrogens is 1. The molecule has 2 atom stereocenters. The second kappa shape index (κ2) is 10.1. The number of rotatable bonds is 7. The van der Waals surface area contributed by atoms with Gasteiger partial charge in [-0.25, -0.2) is 4.98 Å². The number of carbonyl (C=O) groups is 2. The molecule has 1 saturated heterocycles. The molecule has 0 aliphatic carbocycles. The average molecular weight is 396 g/mol. The molecular formula is C22H28N4O3. The lowest BCUT2D eigenvalue weighted by Crippen LogP contribution is -2.40. The van der Waals surface area contributed by atoms with Gasteiger partial charge in [0.05, 0.1) is 12.7 Å². The zero-order valence-electron chi connectivity index (χ0n) is 16.9. The Balaban J connectivity index is 1.75. The number of hydrogen-bond donors (Lipinski definition) is 3. The van der Waals surface area contributed by atoms with E-state index in [2.05, 4.69) is 20.9 Å². The maximum Gasteiger partial charge on any atom is 0.269 e. The minimum absolute atomic E-state index is 0.0472. The first-order valence-electron chi connectivity index (χ1n) is 9.98. The summed E-state index contributed by atoms with van der Waals surface area (Å²) in [6.45, 7) is 4.88. The number of carbonyl (C=O) groups excluding carboxylic acids is 2. The van der Waals surface area contributed by atoms with E-state index in [4.69, 9.17) is 4.74 Å². The standard InChI is InChI=1S/C22H28N4O3/c1-15(16-6-4-3-5-7-16)19-12-17(13-20(26-19)22(28)23-2)21(27)25-9-8-18-14-24-10-11-29-18/h3-7,12-13,15,18,24H,8-11,14H2,1-2H3,(H,23,28)(H,25,27)/t15-,18+/m1/s1. The smallest absolute Gasteiger partial charge is 0.269 e. The Hall–Kier alpha value is -2.77. The maximum absolute atomic E-state index is 12.7. The van der Waals surface area contributed by atoms with Crippen LogP contribution in [0, 0.1) is 0 Å². The molecule has 2 aromatic rings. The van der Waals surface area contributed by atoms with Crippen LogP contribution in [-0.2, 0) is 4.74 Å². The molecule has 1 aromatic heterocycles. The van der Waals surface area contributed by atoms with Crippen LogP contribution >= 0.6 is 0 Å². The van der Waals surface area contributed by atoms with Crippen molar-refractivity contribution in [2.75, 3.05) is 33.3 Å². The van der Waals surface area contributed by atoms with Crippen LogP contribution in [0.3, 0.4) is 0 Å². The highest BCUT2D eigenvalue weighted by molar-refractivity contribution is 5.98. The van der Waals surface area contributed by atoms with Gasteiger partial charge in [0, 0.05) is 43.9 Å². The van der Waals surface area contributed by atoms with Gasteiger partial charge in [-0.3, -0.25) is 9.59 Å². The van der Waals surface area contributed by atoms with E-state index in [0.29, 0.717) is 24.4 Å². The molecule has 7 heteroatoms. The predicted molar refractivity (Wildman–Crippen MR) is 111 cm³/mol. The van der Waals surface area contributed by atoms with Crippen LogP contribution in [0.15, 0.2) is 42.5 Å². The molecule has 3 N–H and O–H groups in total. The monoisotopic (exact) mass is 396 g/mol. The molecule has 1 aliphatic rings. The van der Waals surface area contributed by atoms with Crippen molar-refractivity contribution in [2.45, 2.75) is 25.4 Å². The van der Waals surface area contributed by atoms with Crippen molar-refractivity contribution in [3.05, 3.63) is 65.0 Å². The fraction of sp³-hybridized carbons (Fsp3) is 0.409. The minimum atomic E-state index is -0.317. The predicted octanol–water partition coefficient (Wildman–Crippen LogP) is 1.70. The van der Waals surface area contributed by atoms with E-state index >= 15 is 0 Å². The summed E-state index contributed by atoms with van der Waals surface area (Å²) in [5.74, 6) is -0.584. The van der Waals surface area contributed by atoms with Gasteiger partial charge in [0.2, 0.25) is 0 Å². The van der Waals surface area contributed by atoms with Gasteiger partial charge >= 0.3 is 0 Å². The van der Waals surface area contributed by atoms with E-state index in [0.717, 1.165) is 25.1 Å². The summed E-state index contributed by atoms with van der Waals surface area (Å²) in [6, 6.07) is 13.2. The first kappa shape index (κ1) is 21.0. The van der Waals surface area contributed by atoms with Gasteiger partial charge in [0.1, 0.15) is 5.69 Å². The second-order valence-electron chi connectivity index (χ2n) is 7.12. The summed E-state index contributed by atoms with van der Waals surface area (Å²) in [7, 11) is 1.55. The molecule has 1 aliphatic heterocycles. The fourth-order valence-corrected chi connectivity index (χ4v) is 3.32. The Morgan fingerprint density at radius 3 is 2.72 bits per heavy atom. The zero-order chi connectivity index (χ0) is 20.6.